The van der Waals surface area contributed by atoms with Gasteiger partial charge in [-0.3, -0.25) is 20.0 Å². The fourth-order valence-electron chi connectivity index (χ4n) is 4.05. The molecule has 2 amide bonds. The predicted molar refractivity (Wildman–Crippen MR) is 127 cm³/mol. The summed E-state index contributed by atoms with van der Waals surface area (Å²) < 4.78 is 38.6. The minimum absolute atomic E-state index is 0.0494. The molecule has 1 fully saturated rings. The van der Waals surface area contributed by atoms with Crippen LogP contribution in [0.15, 0.2) is 52.4 Å². The SMILES string of the molecule is Cc1ccc(N2NC(C(=O)N3CCN(S(=O)(=O)c4ccc5c(c4)OCCO5)CC3)=NCC2=O)cc1. The minimum Gasteiger partial charge on any atom is -0.486 e. The van der Waals surface area contributed by atoms with Crippen LogP contribution in [0.25, 0.3) is 0 Å². The molecule has 1 saturated heterocycles. The molecule has 3 aliphatic heterocycles. The molecule has 12 heteroatoms. The fourth-order valence-corrected chi connectivity index (χ4v) is 5.49. The summed E-state index contributed by atoms with van der Waals surface area (Å²) in [5.41, 5.74) is 4.47. The van der Waals surface area contributed by atoms with Gasteiger partial charge in [0.25, 0.3) is 11.8 Å². The number of nitrogens with one attached hydrogen (secondary N) is 1. The highest BCUT2D eigenvalue weighted by molar-refractivity contribution is 7.89. The number of nitrogens with zero attached hydrogens (tertiary/aromatic N) is 4. The molecule has 0 radical (unpaired) electrons. The van der Waals surface area contributed by atoms with Crippen molar-refractivity contribution >= 4 is 33.4 Å². The van der Waals surface area contributed by atoms with Crippen molar-refractivity contribution in [2.75, 3.05) is 50.9 Å². The quantitative estimate of drug-likeness (QED) is 0.652. The first-order chi connectivity index (χ1) is 16.8. The number of benzene rings is 2. The number of amidine groups is 1. The van der Waals surface area contributed by atoms with Crippen molar-refractivity contribution in [3.8, 4) is 11.5 Å². The van der Waals surface area contributed by atoms with Gasteiger partial charge >= 0.3 is 0 Å². The summed E-state index contributed by atoms with van der Waals surface area (Å²) in [6.45, 7) is 3.24. The van der Waals surface area contributed by atoms with Gasteiger partial charge in [-0.05, 0) is 31.2 Å². The first-order valence-corrected chi connectivity index (χ1v) is 12.7. The van der Waals surface area contributed by atoms with Crippen LogP contribution in [-0.4, -0.2) is 81.2 Å². The van der Waals surface area contributed by atoms with Gasteiger partial charge in [-0.15, -0.1) is 0 Å². The Hall–Kier alpha value is -3.64. The maximum absolute atomic E-state index is 13.2. The van der Waals surface area contributed by atoms with E-state index in [1.807, 2.05) is 19.1 Å². The number of hydrogen-bond acceptors (Lipinski definition) is 8. The number of hydrazine groups is 1. The Labute approximate surface area is 202 Å². The molecule has 0 aliphatic carbocycles. The zero-order valence-corrected chi connectivity index (χ0v) is 20.0. The molecule has 1 N–H and O–H groups in total. The Morgan fingerprint density at radius 3 is 2.37 bits per heavy atom. The summed E-state index contributed by atoms with van der Waals surface area (Å²) in [5.74, 6) is 0.310. The number of sulfonamides is 1. The molecule has 11 nitrogen and oxygen atoms in total. The van der Waals surface area contributed by atoms with Gasteiger partial charge in [-0.2, -0.15) is 4.31 Å². The number of aliphatic imine (C=N–C) groups is 1. The van der Waals surface area contributed by atoms with Crippen molar-refractivity contribution in [2.24, 2.45) is 4.99 Å². The van der Waals surface area contributed by atoms with Crippen LogP contribution in [0, 0.1) is 6.92 Å². The van der Waals surface area contributed by atoms with Crippen LogP contribution in [-0.2, 0) is 19.6 Å². The van der Waals surface area contributed by atoms with Crippen LogP contribution < -0.4 is 19.9 Å². The lowest BCUT2D eigenvalue weighted by Crippen LogP contribution is -2.59. The van der Waals surface area contributed by atoms with Crippen LogP contribution in [0.4, 0.5) is 5.69 Å². The van der Waals surface area contributed by atoms with Gasteiger partial charge in [-0.25, -0.2) is 13.4 Å². The Morgan fingerprint density at radius 1 is 0.971 bits per heavy atom. The Kier molecular flexibility index (Phi) is 6.07. The third-order valence-electron chi connectivity index (χ3n) is 6.01. The van der Waals surface area contributed by atoms with E-state index in [0.717, 1.165) is 5.56 Å². The second kappa shape index (κ2) is 9.19. The van der Waals surface area contributed by atoms with Crippen molar-refractivity contribution < 1.29 is 27.5 Å². The summed E-state index contributed by atoms with van der Waals surface area (Å²) >= 11 is 0. The number of amides is 2. The third kappa shape index (κ3) is 4.54. The van der Waals surface area contributed by atoms with Gasteiger partial charge in [0.1, 0.15) is 19.8 Å². The molecule has 184 valence electrons. The second-order valence-corrected chi connectivity index (χ2v) is 10.3. The monoisotopic (exact) mass is 499 g/mol. The van der Waals surface area contributed by atoms with Crippen molar-refractivity contribution in [1.82, 2.24) is 14.6 Å². The van der Waals surface area contributed by atoms with Crippen molar-refractivity contribution in [3.63, 3.8) is 0 Å². The molecule has 35 heavy (non-hydrogen) atoms. The number of aryl methyl sites for hydroxylation is 1. The summed E-state index contributed by atoms with van der Waals surface area (Å²) in [4.78, 5) is 31.2. The highest BCUT2D eigenvalue weighted by atomic mass is 32.2. The molecule has 0 atom stereocenters. The molecule has 2 aromatic carbocycles. The van der Waals surface area contributed by atoms with E-state index in [0.29, 0.717) is 30.4 Å². The number of ether oxygens (including phenoxy) is 2. The molecule has 3 heterocycles. The average Bonchev–Trinajstić information content (AvgIpc) is 2.89. The van der Waals surface area contributed by atoms with Crippen molar-refractivity contribution in [1.29, 1.82) is 0 Å². The van der Waals surface area contributed by atoms with E-state index in [9.17, 15) is 18.0 Å². The van der Waals surface area contributed by atoms with Gasteiger partial charge in [0.2, 0.25) is 15.9 Å². The zero-order chi connectivity index (χ0) is 24.6. The molecular formula is C23H25N5O6S. The molecule has 3 aliphatic rings. The second-order valence-electron chi connectivity index (χ2n) is 8.34. The summed E-state index contributed by atoms with van der Waals surface area (Å²) in [6, 6.07) is 11.9. The lowest BCUT2D eigenvalue weighted by Gasteiger charge is -2.35. The topological polar surface area (TPSA) is 121 Å². The van der Waals surface area contributed by atoms with E-state index >= 15 is 0 Å². The summed E-state index contributed by atoms with van der Waals surface area (Å²) in [5, 5.41) is 1.31. The Bertz CT molecular complexity index is 1290. The van der Waals surface area contributed by atoms with Crippen LogP contribution in [0.5, 0.6) is 11.5 Å². The first kappa shape index (κ1) is 23.1. The molecular weight excluding hydrogens is 474 g/mol. The Balaban J connectivity index is 1.24. The number of rotatable bonds is 4. The molecule has 0 unspecified atom stereocenters. The maximum Gasteiger partial charge on any atom is 0.290 e. The van der Waals surface area contributed by atoms with Crippen LogP contribution in [0.3, 0.4) is 0 Å². The minimum atomic E-state index is -3.76. The third-order valence-corrected chi connectivity index (χ3v) is 7.91. The predicted octanol–water partition coefficient (Wildman–Crippen LogP) is 0.549. The van der Waals surface area contributed by atoms with Crippen molar-refractivity contribution in [2.45, 2.75) is 11.8 Å². The summed E-state index contributed by atoms with van der Waals surface area (Å²) in [6.07, 6.45) is 0. The van der Waals surface area contributed by atoms with Gasteiger partial charge in [0.15, 0.2) is 11.5 Å². The number of fused-ring (bicyclic) bond motifs is 1. The average molecular weight is 500 g/mol. The number of hydrogen-bond donors (Lipinski definition) is 1. The van der Waals surface area contributed by atoms with E-state index in [1.54, 1.807) is 18.2 Å². The van der Waals surface area contributed by atoms with Gasteiger partial charge in [0, 0.05) is 32.2 Å². The van der Waals surface area contributed by atoms with Gasteiger partial charge in [-0.1, -0.05) is 17.7 Å². The van der Waals surface area contributed by atoms with E-state index < -0.39 is 10.0 Å². The lowest BCUT2D eigenvalue weighted by atomic mass is 10.2. The van der Waals surface area contributed by atoms with E-state index in [2.05, 4.69) is 10.4 Å². The van der Waals surface area contributed by atoms with E-state index in [-0.39, 0.29) is 55.3 Å². The molecule has 0 spiro atoms. The van der Waals surface area contributed by atoms with Crippen LogP contribution in [0.2, 0.25) is 0 Å². The maximum atomic E-state index is 13.2. The molecule has 0 aromatic heterocycles. The number of carbonyl (C=O) groups is 2. The number of carbonyl (C=O) groups excluding carboxylic acids is 2. The zero-order valence-electron chi connectivity index (χ0n) is 19.1. The number of piperazine rings is 1. The fraction of sp³-hybridized carbons (Fsp3) is 0.348. The molecule has 2 aromatic rings. The molecule has 5 rings (SSSR count). The first-order valence-electron chi connectivity index (χ1n) is 11.2. The van der Waals surface area contributed by atoms with E-state index in [1.165, 1.54) is 26.3 Å². The highest BCUT2D eigenvalue weighted by Gasteiger charge is 2.34. The summed E-state index contributed by atoms with van der Waals surface area (Å²) in [7, 11) is -3.76. The Morgan fingerprint density at radius 2 is 1.66 bits per heavy atom. The van der Waals surface area contributed by atoms with Crippen LogP contribution >= 0.6 is 0 Å². The normalized spacial score (nSPS) is 18.7. The van der Waals surface area contributed by atoms with Gasteiger partial charge < -0.3 is 14.4 Å². The molecule has 0 bridgehead atoms. The van der Waals surface area contributed by atoms with Crippen LogP contribution in [0.1, 0.15) is 5.56 Å². The van der Waals surface area contributed by atoms with E-state index in [4.69, 9.17) is 9.47 Å². The van der Waals surface area contributed by atoms with Gasteiger partial charge in [0.05, 0.1) is 10.6 Å². The highest BCUT2D eigenvalue weighted by Crippen LogP contribution is 2.33. The van der Waals surface area contributed by atoms with Crippen molar-refractivity contribution in [3.05, 3.63) is 48.0 Å². The lowest BCUT2D eigenvalue weighted by molar-refractivity contribution is -0.125. The standard InChI is InChI=1S/C23H25N5O6S/c1-16-2-4-17(5-3-16)28-21(29)15-24-22(25-28)23(30)26-8-10-27(11-9-26)35(31,32)18-6-7-19-20(14-18)34-13-12-33-19/h2-7,14H,8-13,15H2,1H3,(H,24,25). The smallest absolute Gasteiger partial charge is 0.290 e. The largest absolute Gasteiger partial charge is 0.486 e. The molecule has 0 saturated carbocycles. The number of anilines is 1.